The van der Waals surface area contributed by atoms with Gasteiger partial charge in [0.2, 0.25) is 5.91 Å². The van der Waals surface area contributed by atoms with Crippen molar-refractivity contribution in [2.24, 2.45) is 0 Å². The summed E-state index contributed by atoms with van der Waals surface area (Å²) < 4.78 is 6.91. The van der Waals surface area contributed by atoms with Crippen molar-refractivity contribution in [3.8, 4) is 5.75 Å². The van der Waals surface area contributed by atoms with E-state index in [0.717, 1.165) is 34.7 Å². The molecule has 2 heterocycles. The van der Waals surface area contributed by atoms with Gasteiger partial charge < -0.3 is 10.1 Å². The second kappa shape index (κ2) is 8.16. The van der Waals surface area contributed by atoms with Gasteiger partial charge in [0, 0.05) is 17.8 Å². The average Bonchev–Trinajstić information content (AvgIpc) is 3.14. The first-order valence-corrected chi connectivity index (χ1v) is 9.12. The van der Waals surface area contributed by atoms with Gasteiger partial charge in [-0.05, 0) is 49.9 Å². The minimum Gasteiger partial charge on any atom is -0.497 e. The number of aryl methyl sites for hydroxylation is 2. The van der Waals surface area contributed by atoms with Crippen LogP contribution in [0.3, 0.4) is 0 Å². The normalized spacial score (nSPS) is 12.1. The molecular weight excluding hydrogens is 342 g/mol. The van der Waals surface area contributed by atoms with Gasteiger partial charge >= 0.3 is 0 Å². The van der Waals surface area contributed by atoms with Crippen molar-refractivity contribution in [2.75, 3.05) is 7.11 Å². The minimum absolute atomic E-state index is 0.0125. The molecule has 1 aromatic carbocycles. The number of carbonyl (C=O) groups is 1. The first-order chi connectivity index (χ1) is 13.0. The number of methoxy groups -OCH3 is 1. The van der Waals surface area contributed by atoms with Crippen LogP contribution in [0.15, 0.2) is 30.6 Å². The summed E-state index contributed by atoms with van der Waals surface area (Å²) in [5, 5.41) is 7.32. The van der Waals surface area contributed by atoms with E-state index in [4.69, 9.17) is 4.74 Å². The number of rotatable bonds is 7. The predicted octanol–water partition coefficient (Wildman–Crippen LogP) is 2.95. The fraction of sp³-hybridized carbons (Fsp3) is 0.400. The Labute approximate surface area is 158 Å². The summed E-state index contributed by atoms with van der Waals surface area (Å²) in [6.07, 6.45) is 3.33. The number of hydrogen-bond acceptors (Lipinski definition) is 5. The van der Waals surface area contributed by atoms with Crippen molar-refractivity contribution < 1.29 is 9.53 Å². The first-order valence-electron chi connectivity index (χ1n) is 9.12. The maximum absolute atomic E-state index is 12.5. The molecule has 7 heteroatoms. The summed E-state index contributed by atoms with van der Waals surface area (Å²) >= 11 is 0. The lowest BCUT2D eigenvalue weighted by Crippen LogP contribution is -2.28. The lowest BCUT2D eigenvalue weighted by molar-refractivity contribution is -0.121. The Bertz CT molecular complexity index is 933. The Morgan fingerprint density at radius 3 is 2.67 bits per heavy atom. The van der Waals surface area contributed by atoms with E-state index in [9.17, 15) is 4.79 Å². The second-order valence-corrected chi connectivity index (χ2v) is 6.53. The summed E-state index contributed by atoms with van der Waals surface area (Å²) in [6.45, 7) is 5.99. The van der Waals surface area contributed by atoms with Crippen molar-refractivity contribution in [1.82, 2.24) is 24.9 Å². The van der Waals surface area contributed by atoms with Gasteiger partial charge in [-0.15, -0.1) is 0 Å². The molecule has 0 saturated carbocycles. The van der Waals surface area contributed by atoms with E-state index in [-0.39, 0.29) is 11.9 Å². The van der Waals surface area contributed by atoms with Gasteiger partial charge in [-0.3, -0.25) is 4.79 Å². The van der Waals surface area contributed by atoms with Gasteiger partial charge in [-0.2, -0.15) is 10.1 Å². The Morgan fingerprint density at radius 2 is 2.00 bits per heavy atom. The lowest BCUT2D eigenvalue weighted by atomic mass is 10.0. The SMILES string of the molecule is CC[C@H](NC(=O)CCc1c(C)nc2ncnn2c1C)c1ccc(OC)cc1. The third-order valence-electron chi connectivity index (χ3n) is 4.85. The van der Waals surface area contributed by atoms with Crippen LogP contribution in [0, 0.1) is 13.8 Å². The largest absolute Gasteiger partial charge is 0.497 e. The van der Waals surface area contributed by atoms with E-state index in [1.54, 1.807) is 11.6 Å². The third-order valence-corrected chi connectivity index (χ3v) is 4.85. The molecule has 1 atom stereocenters. The van der Waals surface area contributed by atoms with Gasteiger partial charge in [0.15, 0.2) is 0 Å². The Morgan fingerprint density at radius 1 is 1.26 bits per heavy atom. The molecule has 0 fully saturated rings. The van der Waals surface area contributed by atoms with Crippen LogP contribution in [-0.2, 0) is 11.2 Å². The number of nitrogens with zero attached hydrogens (tertiary/aromatic N) is 4. The van der Waals surface area contributed by atoms with Gasteiger partial charge in [0.05, 0.1) is 13.2 Å². The molecule has 0 bridgehead atoms. The van der Waals surface area contributed by atoms with Crippen molar-refractivity contribution in [3.63, 3.8) is 0 Å². The van der Waals surface area contributed by atoms with Crippen LogP contribution in [0.25, 0.3) is 5.78 Å². The molecule has 0 aliphatic heterocycles. The second-order valence-electron chi connectivity index (χ2n) is 6.53. The smallest absolute Gasteiger partial charge is 0.252 e. The molecule has 0 aliphatic rings. The summed E-state index contributed by atoms with van der Waals surface area (Å²) in [5.41, 5.74) is 3.98. The molecular formula is C20H25N5O2. The topological polar surface area (TPSA) is 81.4 Å². The van der Waals surface area contributed by atoms with Crippen LogP contribution >= 0.6 is 0 Å². The Kier molecular flexibility index (Phi) is 5.69. The van der Waals surface area contributed by atoms with Gasteiger partial charge in [-0.25, -0.2) is 9.50 Å². The maximum Gasteiger partial charge on any atom is 0.252 e. The standard InChI is InChI=1S/C20H25N5O2/c1-5-18(15-6-8-16(27-4)9-7-15)24-19(26)11-10-17-13(2)23-20-21-12-22-25(20)14(17)3/h6-9,12,18H,5,10-11H2,1-4H3,(H,24,26)/t18-/m0/s1. The van der Waals surface area contributed by atoms with Crippen LogP contribution in [0.4, 0.5) is 0 Å². The van der Waals surface area contributed by atoms with Crippen molar-refractivity contribution in [1.29, 1.82) is 0 Å². The quantitative estimate of drug-likeness (QED) is 0.694. The van der Waals surface area contributed by atoms with Gasteiger partial charge in [0.25, 0.3) is 5.78 Å². The van der Waals surface area contributed by atoms with Crippen LogP contribution < -0.4 is 10.1 Å². The van der Waals surface area contributed by atoms with Crippen LogP contribution in [0.1, 0.15) is 48.3 Å². The molecule has 142 valence electrons. The molecule has 0 unspecified atom stereocenters. The van der Waals surface area contributed by atoms with Crippen molar-refractivity contribution in [2.45, 2.75) is 46.1 Å². The molecule has 0 spiro atoms. The third kappa shape index (κ3) is 4.07. The highest BCUT2D eigenvalue weighted by Crippen LogP contribution is 2.21. The highest BCUT2D eigenvalue weighted by Gasteiger charge is 2.15. The zero-order valence-electron chi connectivity index (χ0n) is 16.2. The minimum atomic E-state index is -0.0125. The summed E-state index contributed by atoms with van der Waals surface area (Å²) in [7, 11) is 1.64. The first kappa shape index (κ1) is 18.8. The van der Waals surface area contributed by atoms with Crippen molar-refractivity contribution >= 4 is 11.7 Å². The number of benzene rings is 1. The van der Waals surface area contributed by atoms with E-state index in [0.29, 0.717) is 18.6 Å². The number of hydrogen-bond donors (Lipinski definition) is 1. The fourth-order valence-corrected chi connectivity index (χ4v) is 3.28. The number of aromatic nitrogens is 4. The number of fused-ring (bicyclic) bond motifs is 1. The molecule has 0 saturated heterocycles. The molecule has 3 aromatic rings. The van der Waals surface area contributed by atoms with Gasteiger partial charge in [0.1, 0.15) is 12.1 Å². The van der Waals surface area contributed by atoms with E-state index in [1.165, 1.54) is 6.33 Å². The molecule has 0 aliphatic carbocycles. The summed E-state index contributed by atoms with van der Waals surface area (Å²) in [6, 6.07) is 7.79. The van der Waals surface area contributed by atoms with E-state index < -0.39 is 0 Å². The Balaban J connectivity index is 1.66. The molecule has 0 radical (unpaired) electrons. The zero-order chi connectivity index (χ0) is 19.4. The zero-order valence-corrected chi connectivity index (χ0v) is 16.2. The van der Waals surface area contributed by atoms with E-state index in [2.05, 4.69) is 27.3 Å². The fourth-order valence-electron chi connectivity index (χ4n) is 3.28. The molecule has 2 aromatic heterocycles. The Hall–Kier alpha value is -2.96. The van der Waals surface area contributed by atoms with Gasteiger partial charge in [-0.1, -0.05) is 19.1 Å². The number of carbonyl (C=O) groups excluding carboxylic acids is 1. The number of nitrogens with one attached hydrogen (secondary N) is 1. The molecule has 7 nitrogen and oxygen atoms in total. The van der Waals surface area contributed by atoms with Crippen LogP contribution in [0.5, 0.6) is 5.75 Å². The van der Waals surface area contributed by atoms with E-state index in [1.807, 2.05) is 38.1 Å². The molecule has 3 rings (SSSR count). The molecule has 27 heavy (non-hydrogen) atoms. The maximum atomic E-state index is 12.5. The van der Waals surface area contributed by atoms with Crippen LogP contribution in [-0.4, -0.2) is 32.6 Å². The predicted molar refractivity (Wildman–Crippen MR) is 103 cm³/mol. The number of amides is 1. The average molecular weight is 367 g/mol. The van der Waals surface area contributed by atoms with E-state index >= 15 is 0 Å². The summed E-state index contributed by atoms with van der Waals surface area (Å²) in [5.74, 6) is 1.42. The summed E-state index contributed by atoms with van der Waals surface area (Å²) in [4.78, 5) is 21.1. The molecule has 1 amide bonds. The molecule has 1 N–H and O–H groups in total. The highest BCUT2D eigenvalue weighted by molar-refractivity contribution is 5.76. The van der Waals surface area contributed by atoms with Crippen LogP contribution in [0.2, 0.25) is 0 Å². The monoisotopic (exact) mass is 367 g/mol. The highest BCUT2D eigenvalue weighted by atomic mass is 16.5. The number of ether oxygens (including phenoxy) is 1. The van der Waals surface area contributed by atoms with Crippen molar-refractivity contribution in [3.05, 3.63) is 53.1 Å². The lowest BCUT2D eigenvalue weighted by Gasteiger charge is -2.18.